The van der Waals surface area contributed by atoms with E-state index in [0.717, 1.165) is 5.56 Å². The predicted octanol–water partition coefficient (Wildman–Crippen LogP) is 1.49. The van der Waals surface area contributed by atoms with Crippen molar-refractivity contribution in [1.29, 1.82) is 0 Å². The topological polar surface area (TPSA) is 51.2 Å². The number of nitrogens with zero attached hydrogens (tertiary/aromatic N) is 1. The first-order valence-corrected chi connectivity index (χ1v) is 5.62. The van der Waals surface area contributed by atoms with Crippen LogP contribution in [0.1, 0.15) is 18.4 Å². The quantitative estimate of drug-likeness (QED) is 0.758. The molecular formula is C13H16N2O. The molecular weight excluding hydrogens is 200 g/mol. The molecule has 3 nitrogen and oxygen atoms in total. The van der Waals surface area contributed by atoms with Gasteiger partial charge in [0.05, 0.1) is 6.10 Å². The molecule has 84 valence electrons. The van der Waals surface area contributed by atoms with Gasteiger partial charge in [-0.3, -0.25) is 0 Å². The Kier molecular flexibility index (Phi) is 1.91. The highest BCUT2D eigenvalue weighted by Crippen LogP contribution is 2.41. The molecule has 3 rings (SSSR count). The van der Waals surface area contributed by atoms with Gasteiger partial charge in [-0.25, -0.2) is 0 Å². The summed E-state index contributed by atoms with van der Waals surface area (Å²) in [7, 11) is 2.03. The van der Waals surface area contributed by atoms with Crippen molar-refractivity contribution in [3.8, 4) is 0 Å². The smallest absolute Gasteiger partial charge is 0.0582 e. The predicted molar refractivity (Wildman–Crippen MR) is 64.0 cm³/mol. The molecule has 1 fully saturated rings. The van der Waals surface area contributed by atoms with Crippen molar-refractivity contribution in [3.63, 3.8) is 0 Å². The van der Waals surface area contributed by atoms with Crippen LogP contribution in [0, 0.1) is 0 Å². The van der Waals surface area contributed by atoms with Crippen LogP contribution in [0.15, 0.2) is 30.5 Å². The highest BCUT2D eigenvalue weighted by Gasteiger charge is 2.42. The lowest BCUT2D eigenvalue weighted by atomic mass is 9.70. The molecule has 0 aliphatic heterocycles. The van der Waals surface area contributed by atoms with E-state index in [2.05, 4.69) is 22.8 Å². The van der Waals surface area contributed by atoms with Crippen LogP contribution in [0.25, 0.3) is 10.9 Å². The van der Waals surface area contributed by atoms with Crippen molar-refractivity contribution < 1.29 is 5.11 Å². The van der Waals surface area contributed by atoms with E-state index in [1.54, 1.807) is 0 Å². The molecule has 3 N–H and O–H groups in total. The normalized spacial score (nSPS) is 29.3. The number of nitrogens with two attached hydrogens (primary N) is 1. The molecule has 3 heteroatoms. The molecule has 0 unspecified atom stereocenters. The molecule has 0 bridgehead atoms. The Labute approximate surface area is 94.5 Å². The summed E-state index contributed by atoms with van der Waals surface area (Å²) in [6.07, 6.45) is 3.15. The van der Waals surface area contributed by atoms with Gasteiger partial charge in [-0.05, 0) is 30.5 Å². The van der Waals surface area contributed by atoms with Gasteiger partial charge in [0, 0.05) is 29.7 Å². The number of aryl methyl sites for hydroxylation is 1. The van der Waals surface area contributed by atoms with Gasteiger partial charge < -0.3 is 15.4 Å². The van der Waals surface area contributed by atoms with Crippen molar-refractivity contribution in [2.75, 3.05) is 0 Å². The lowest BCUT2D eigenvalue weighted by Crippen LogP contribution is -2.51. The summed E-state index contributed by atoms with van der Waals surface area (Å²) in [4.78, 5) is 0. The SMILES string of the molecule is Cn1ccc2c(C3(N)CC(O)C3)cccc21. The molecule has 1 aliphatic rings. The van der Waals surface area contributed by atoms with Gasteiger partial charge in [-0.1, -0.05) is 12.1 Å². The molecule has 2 aromatic rings. The van der Waals surface area contributed by atoms with Gasteiger partial charge in [0.25, 0.3) is 0 Å². The minimum Gasteiger partial charge on any atom is -0.393 e. The summed E-state index contributed by atoms with van der Waals surface area (Å²) in [5.41, 5.74) is 8.35. The number of rotatable bonds is 1. The third kappa shape index (κ3) is 1.22. The zero-order valence-corrected chi connectivity index (χ0v) is 9.35. The summed E-state index contributed by atoms with van der Waals surface area (Å²) >= 11 is 0. The van der Waals surface area contributed by atoms with Gasteiger partial charge in [0.1, 0.15) is 0 Å². The Morgan fingerprint density at radius 3 is 2.81 bits per heavy atom. The van der Waals surface area contributed by atoms with Crippen LogP contribution in [0.4, 0.5) is 0 Å². The second-order valence-electron chi connectivity index (χ2n) is 4.88. The second-order valence-corrected chi connectivity index (χ2v) is 4.88. The van der Waals surface area contributed by atoms with Crippen molar-refractivity contribution >= 4 is 10.9 Å². The number of hydrogen-bond donors (Lipinski definition) is 2. The van der Waals surface area contributed by atoms with Gasteiger partial charge in [0.2, 0.25) is 0 Å². The molecule has 0 atom stereocenters. The number of fused-ring (bicyclic) bond motifs is 1. The van der Waals surface area contributed by atoms with Crippen molar-refractivity contribution in [2.24, 2.45) is 12.8 Å². The van der Waals surface area contributed by atoms with Gasteiger partial charge >= 0.3 is 0 Å². The van der Waals surface area contributed by atoms with Crippen LogP contribution in [0.3, 0.4) is 0 Å². The zero-order chi connectivity index (χ0) is 11.3. The molecule has 1 saturated carbocycles. The lowest BCUT2D eigenvalue weighted by molar-refractivity contribution is 0.0217. The Balaban J connectivity index is 2.17. The fourth-order valence-corrected chi connectivity index (χ4v) is 2.74. The third-order valence-corrected chi connectivity index (χ3v) is 3.66. The highest BCUT2D eigenvalue weighted by atomic mass is 16.3. The molecule has 1 heterocycles. The monoisotopic (exact) mass is 216 g/mol. The average molecular weight is 216 g/mol. The zero-order valence-electron chi connectivity index (χ0n) is 9.35. The summed E-state index contributed by atoms with van der Waals surface area (Å²) in [6.45, 7) is 0. The average Bonchev–Trinajstić information content (AvgIpc) is 2.58. The van der Waals surface area contributed by atoms with Gasteiger partial charge in [-0.15, -0.1) is 0 Å². The first-order chi connectivity index (χ1) is 7.60. The van der Waals surface area contributed by atoms with Crippen LogP contribution in [-0.4, -0.2) is 15.8 Å². The van der Waals surface area contributed by atoms with E-state index in [1.807, 2.05) is 19.3 Å². The van der Waals surface area contributed by atoms with Crippen LogP contribution in [-0.2, 0) is 12.6 Å². The molecule has 0 amide bonds. The van der Waals surface area contributed by atoms with E-state index in [4.69, 9.17) is 5.73 Å². The number of aromatic nitrogens is 1. The molecule has 0 radical (unpaired) electrons. The Bertz CT molecular complexity index is 538. The first kappa shape index (κ1) is 9.87. The maximum absolute atomic E-state index is 9.44. The summed E-state index contributed by atoms with van der Waals surface area (Å²) in [6, 6.07) is 8.31. The fourth-order valence-electron chi connectivity index (χ4n) is 2.74. The molecule has 0 saturated heterocycles. The number of aliphatic hydroxyl groups excluding tert-OH is 1. The van der Waals surface area contributed by atoms with Gasteiger partial charge in [0.15, 0.2) is 0 Å². The summed E-state index contributed by atoms with van der Waals surface area (Å²) in [5, 5.41) is 10.6. The minimum absolute atomic E-state index is 0.232. The Hall–Kier alpha value is -1.32. The molecule has 1 aromatic heterocycles. The van der Waals surface area contributed by atoms with E-state index in [9.17, 15) is 5.11 Å². The van der Waals surface area contributed by atoms with Crippen LogP contribution in [0.5, 0.6) is 0 Å². The number of benzene rings is 1. The first-order valence-electron chi connectivity index (χ1n) is 5.62. The maximum Gasteiger partial charge on any atom is 0.0582 e. The lowest BCUT2D eigenvalue weighted by Gasteiger charge is -2.43. The standard InChI is InChI=1S/C13H16N2O/c1-15-6-5-10-11(3-2-4-12(10)15)13(14)7-9(16)8-13/h2-6,9,16H,7-8,14H2,1H3. The van der Waals surface area contributed by atoms with Crippen molar-refractivity contribution in [3.05, 3.63) is 36.0 Å². The van der Waals surface area contributed by atoms with E-state index in [1.165, 1.54) is 10.9 Å². The van der Waals surface area contributed by atoms with Crippen molar-refractivity contribution in [1.82, 2.24) is 4.57 Å². The molecule has 0 spiro atoms. The van der Waals surface area contributed by atoms with Crippen LogP contribution in [0.2, 0.25) is 0 Å². The van der Waals surface area contributed by atoms with E-state index < -0.39 is 0 Å². The van der Waals surface area contributed by atoms with E-state index >= 15 is 0 Å². The molecule has 1 aliphatic carbocycles. The maximum atomic E-state index is 9.44. The van der Waals surface area contributed by atoms with E-state index in [0.29, 0.717) is 12.8 Å². The largest absolute Gasteiger partial charge is 0.393 e. The Morgan fingerprint density at radius 2 is 2.12 bits per heavy atom. The van der Waals surface area contributed by atoms with Crippen LogP contribution >= 0.6 is 0 Å². The van der Waals surface area contributed by atoms with Gasteiger partial charge in [-0.2, -0.15) is 0 Å². The fraction of sp³-hybridized carbons (Fsp3) is 0.385. The summed E-state index contributed by atoms with van der Waals surface area (Å²) in [5.74, 6) is 0. The number of hydrogen-bond acceptors (Lipinski definition) is 2. The highest BCUT2D eigenvalue weighted by molar-refractivity contribution is 5.84. The molecule has 16 heavy (non-hydrogen) atoms. The number of aliphatic hydroxyl groups is 1. The minimum atomic E-state index is -0.333. The molecule has 1 aromatic carbocycles. The third-order valence-electron chi connectivity index (χ3n) is 3.66. The second kappa shape index (κ2) is 3.09. The Morgan fingerprint density at radius 1 is 1.38 bits per heavy atom. The van der Waals surface area contributed by atoms with Crippen molar-refractivity contribution in [2.45, 2.75) is 24.5 Å². The van der Waals surface area contributed by atoms with E-state index in [-0.39, 0.29) is 11.6 Å². The van der Waals surface area contributed by atoms with Crippen LogP contribution < -0.4 is 5.73 Å². The summed E-state index contributed by atoms with van der Waals surface area (Å²) < 4.78 is 2.09.